The Morgan fingerprint density at radius 2 is 2.21 bits per heavy atom. The van der Waals surface area contributed by atoms with E-state index in [0.29, 0.717) is 24.0 Å². The number of nitrogens with two attached hydrogens (primary N) is 1. The van der Waals surface area contributed by atoms with Crippen LogP contribution in [0.15, 0.2) is 22.7 Å². The van der Waals surface area contributed by atoms with E-state index in [4.69, 9.17) is 31.5 Å². The van der Waals surface area contributed by atoms with Crippen LogP contribution in [0.3, 0.4) is 0 Å². The van der Waals surface area contributed by atoms with Crippen molar-refractivity contribution in [3.05, 3.63) is 27.7 Å². The van der Waals surface area contributed by atoms with Gasteiger partial charge in [-0.05, 0) is 18.2 Å². The van der Waals surface area contributed by atoms with Crippen LogP contribution in [0.4, 0.5) is 0 Å². The van der Waals surface area contributed by atoms with E-state index in [-0.39, 0.29) is 18.2 Å². The molecule has 1 aliphatic carbocycles. The van der Waals surface area contributed by atoms with Crippen molar-refractivity contribution in [2.75, 3.05) is 20.3 Å². The number of benzene rings is 1. The number of rotatable bonds is 6. The van der Waals surface area contributed by atoms with Crippen molar-refractivity contribution in [3.63, 3.8) is 0 Å². The van der Waals surface area contributed by atoms with Gasteiger partial charge in [0.15, 0.2) is 0 Å². The lowest BCUT2D eigenvalue weighted by molar-refractivity contribution is -0.107. The van der Waals surface area contributed by atoms with Crippen molar-refractivity contribution in [3.8, 4) is 5.75 Å². The standard InChI is InChI=1S/C13H17BrClNO3/c1-17-4-5-18-13-10(16)7-12(13)19-11-3-2-8(14)6-9(11)15/h2-3,6,10,12-13H,4-5,7,16H2,1H3. The highest BCUT2D eigenvalue weighted by atomic mass is 79.9. The molecule has 1 aliphatic rings. The summed E-state index contributed by atoms with van der Waals surface area (Å²) in [6.07, 6.45) is 0.615. The molecular weight excluding hydrogens is 334 g/mol. The van der Waals surface area contributed by atoms with Crippen LogP contribution in [0, 0.1) is 0 Å². The fourth-order valence-electron chi connectivity index (χ4n) is 1.96. The molecule has 106 valence electrons. The lowest BCUT2D eigenvalue weighted by atomic mass is 9.86. The number of halogens is 2. The van der Waals surface area contributed by atoms with Gasteiger partial charge in [-0.15, -0.1) is 0 Å². The Balaban J connectivity index is 1.91. The molecule has 4 nitrogen and oxygen atoms in total. The van der Waals surface area contributed by atoms with Crippen molar-refractivity contribution in [1.29, 1.82) is 0 Å². The van der Waals surface area contributed by atoms with Crippen LogP contribution in [0.25, 0.3) is 0 Å². The fourth-order valence-corrected chi connectivity index (χ4v) is 2.68. The molecule has 1 saturated carbocycles. The summed E-state index contributed by atoms with van der Waals surface area (Å²) in [6, 6.07) is 5.54. The molecule has 3 unspecified atom stereocenters. The third kappa shape index (κ3) is 3.83. The smallest absolute Gasteiger partial charge is 0.138 e. The number of methoxy groups -OCH3 is 1. The summed E-state index contributed by atoms with van der Waals surface area (Å²) in [4.78, 5) is 0. The second-order valence-electron chi connectivity index (χ2n) is 4.46. The van der Waals surface area contributed by atoms with Crippen molar-refractivity contribution in [2.24, 2.45) is 5.73 Å². The first-order valence-electron chi connectivity index (χ1n) is 6.09. The summed E-state index contributed by atoms with van der Waals surface area (Å²) in [5, 5.41) is 0.575. The SMILES string of the molecule is COCCOC1C(N)CC1Oc1ccc(Br)cc1Cl. The summed E-state index contributed by atoms with van der Waals surface area (Å²) in [5.41, 5.74) is 5.92. The molecule has 2 N–H and O–H groups in total. The van der Waals surface area contributed by atoms with E-state index < -0.39 is 0 Å². The maximum Gasteiger partial charge on any atom is 0.138 e. The van der Waals surface area contributed by atoms with Gasteiger partial charge in [0.05, 0.1) is 18.2 Å². The number of hydrogen-bond donors (Lipinski definition) is 1. The minimum Gasteiger partial charge on any atom is -0.486 e. The Labute approximate surface area is 126 Å². The van der Waals surface area contributed by atoms with E-state index in [2.05, 4.69) is 15.9 Å². The monoisotopic (exact) mass is 349 g/mol. The Morgan fingerprint density at radius 3 is 2.84 bits per heavy atom. The summed E-state index contributed by atoms with van der Waals surface area (Å²) >= 11 is 9.48. The zero-order valence-electron chi connectivity index (χ0n) is 10.6. The molecule has 6 heteroatoms. The number of ether oxygens (including phenoxy) is 3. The van der Waals surface area contributed by atoms with Crippen molar-refractivity contribution in [1.82, 2.24) is 0 Å². The van der Waals surface area contributed by atoms with E-state index in [1.165, 1.54) is 0 Å². The van der Waals surface area contributed by atoms with E-state index in [0.717, 1.165) is 10.9 Å². The van der Waals surface area contributed by atoms with Crippen LogP contribution in [0.2, 0.25) is 5.02 Å². The zero-order valence-corrected chi connectivity index (χ0v) is 13.0. The second kappa shape index (κ2) is 6.90. The van der Waals surface area contributed by atoms with E-state index >= 15 is 0 Å². The average molecular weight is 351 g/mol. The van der Waals surface area contributed by atoms with Gasteiger partial charge >= 0.3 is 0 Å². The molecule has 2 rings (SSSR count). The van der Waals surface area contributed by atoms with Gasteiger partial charge in [-0.2, -0.15) is 0 Å². The third-order valence-corrected chi connectivity index (χ3v) is 3.85. The van der Waals surface area contributed by atoms with Crippen LogP contribution < -0.4 is 10.5 Å². The average Bonchev–Trinajstić information content (AvgIpc) is 2.37. The summed E-state index contributed by atoms with van der Waals surface area (Å²) in [6.45, 7) is 1.07. The van der Waals surface area contributed by atoms with Gasteiger partial charge < -0.3 is 19.9 Å². The van der Waals surface area contributed by atoms with Gasteiger partial charge in [0.25, 0.3) is 0 Å². The summed E-state index contributed by atoms with van der Waals surface area (Å²) in [5.74, 6) is 0.655. The van der Waals surface area contributed by atoms with Gasteiger partial charge in [-0.1, -0.05) is 27.5 Å². The highest BCUT2D eigenvalue weighted by molar-refractivity contribution is 9.10. The van der Waals surface area contributed by atoms with Crippen molar-refractivity contribution >= 4 is 27.5 Å². The molecule has 0 heterocycles. The first-order valence-corrected chi connectivity index (χ1v) is 7.26. The van der Waals surface area contributed by atoms with Crippen LogP contribution >= 0.6 is 27.5 Å². The highest BCUT2D eigenvalue weighted by Gasteiger charge is 2.41. The summed E-state index contributed by atoms with van der Waals surface area (Å²) in [7, 11) is 1.64. The molecule has 1 fully saturated rings. The van der Waals surface area contributed by atoms with Gasteiger partial charge in [0.2, 0.25) is 0 Å². The Hall–Kier alpha value is -0.330. The predicted octanol–water partition coefficient (Wildman–Crippen LogP) is 2.61. The van der Waals surface area contributed by atoms with Gasteiger partial charge in [-0.3, -0.25) is 0 Å². The maximum absolute atomic E-state index is 6.12. The van der Waals surface area contributed by atoms with Crippen molar-refractivity contribution < 1.29 is 14.2 Å². The second-order valence-corrected chi connectivity index (χ2v) is 5.78. The normalized spacial score (nSPS) is 26.0. The van der Waals surface area contributed by atoms with Gasteiger partial charge in [0.1, 0.15) is 18.0 Å². The molecular formula is C13H17BrClNO3. The maximum atomic E-state index is 6.12. The highest BCUT2D eigenvalue weighted by Crippen LogP contribution is 2.33. The summed E-state index contributed by atoms with van der Waals surface area (Å²) < 4.78 is 17.4. The molecule has 0 bridgehead atoms. The predicted molar refractivity (Wildman–Crippen MR) is 77.8 cm³/mol. The van der Waals surface area contributed by atoms with Crippen LogP contribution in [-0.4, -0.2) is 38.6 Å². The zero-order chi connectivity index (χ0) is 13.8. The molecule has 1 aromatic carbocycles. The molecule has 0 spiro atoms. The fraction of sp³-hybridized carbons (Fsp3) is 0.538. The van der Waals surface area contributed by atoms with Crippen LogP contribution in [0.5, 0.6) is 5.75 Å². The molecule has 0 saturated heterocycles. The molecule has 0 amide bonds. The minimum absolute atomic E-state index is 0.0103. The molecule has 0 aliphatic heterocycles. The topological polar surface area (TPSA) is 53.7 Å². The van der Waals surface area contributed by atoms with E-state index in [1.54, 1.807) is 13.2 Å². The largest absolute Gasteiger partial charge is 0.486 e. The van der Waals surface area contributed by atoms with Crippen LogP contribution in [0.1, 0.15) is 6.42 Å². The lowest BCUT2D eigenvalue weighted by Gasteiger charge is -2.41. The van der Waals surface area contributed by atoms with Gasteiger partial charge in [-0.25, -0.2) is 0 Å². The van der Waals surface area contributed by atoms with Gasteiger partial charge in [0, 0.05) is 24.0 Å². The molecule has 0 radical (unpaired) electrons. The van der Waals surface area contributed by atoms with Crippen LogP contribution in [-0.2, 0) is 9.47 Å². The van der Waals surface area contributed by atoms with Crippen molar-refractivity contribution in [2.45, 2.75) is 24.7 Å². The molecule has 1 aromatic rings. The molecule has 0 aromatic heterocycles. The number of hydrogen-bond acceptors (Lipinski definition) is 4. The quantitative estimate of drug-likeness (QED) is 0.801. The molecule has 3 atom stereocenters. The third-order valence-electron chi connectivity index (χ3n) is 3.06. The lowest BCUT2D eigenvalue weighted by Crippen LogP contribution is -2.59. The minimum atomic E-state index is -0.102. The van der Waals surface area contributed by atoms with E-state index in [9.17, 15) is 0 Å². The Morgan fingerprint density at radius 1 is 1.42 bits per heavy atom. The molecule has 19 heavy (non-hydrogen) atoms. The first-order chi connectivity index (χ1) is 9.11. The van der Waals surface area contributed by atoms with E-state index in [1.807, 2.05) is 12.1 Å². The Kier molecular flexibility index (Phi) is 5.47. The first kappa shape index (κ1) is 15.1. The Bertz CT molecular complexity index is 432.